The molecule has 2 rings (SSSR count). The van der Waals surface area contributed by atoms with Crippen LogP contribution in [0.25, 0.3) is 5.69 Å². The van der Waals surface area contributed by atoms with Crippen molar-refractivity contribution >= 4 is 15.9 Å². The third-order valence-corrected chi connectivity index (χ3v) is 3.51. The van der Waals surface area contributed by atoms with Crippen LogP contribution in [0.1, 0.15) is 30.9 Å². The third kappa shape index (κ3) is 2.62. The predicted octanol–water partition coefficient (Wildman–Crippen LogP) is 1.99. The highest BCUT2D eigenvalue weighted by Crippen LogP contribution is 2.26. The number of nitrogens with zero attached hydrogens (tertiary/aromatic N) is 2. The molecule has 0 radical (unpaired) electrons. The molecule has 6 nitrogen and oxygen atoms in total. The number of halogens is 1. The number of nitriles is 1. The van der Waals surface area contributed by atoms with Crippen LogP contribution in [0.4, 0.5) is 0 Å². The van der Waals surface area contributed by atoms with Crippen molar-refractivity contribution in [3.05, 3.63) is 54.6 Å². The van der Waals surface area contributed by atoms with Gasteiger partial charge in [0, 0.05) is 4.47 Å². The van der Waals surface area contributed by atoms with E-state index in [-0.39, 0.29) is 22.7 Å². The first-order chi connectivity index (χ1) is 9.86. The molecule has 1 aromatic carbocycles. The molecule has 2 N–H and O–H groups in total. The van der Waals surface area contributed by atoms with Crippen LogP contribution >= 0.6 is 15.9 Å². The van der Waals surface area contributed by atoms with Gasteiger partial charge in [-0.3, -0.25) is 9.78 Å². The highest BCUT2D eigenvalue weighted by Gasteiger charge is 2.19. The normalized spacial score (nSPS) is 10.6. The summed E-state index contributed by atoms with van der Waals surface area (Å²) in [5.74, 6) is -0.730. The van der Waals surface area contributed by atoms with Crippen LogP contribution in [-0.2, 0) is 0 Å². The number of aromatic nitrogens is 2. The van der Waals surface area contributed by atoms with Gasteiger partial charge in [0.25, 0.3) is 5.56 Å². The Balaban J connectivity index is 2.92. The van der Waals surface area contributed by atoms with Crippen LogP contribution in [-0.4, -0.2) is 14.7 Å². The van der Waals surface area contributed by atoms with Crippen LogP contribution in [0.15, 0.2) is 32.3 Å². The first-order valence-electron chi connectivity index (χ1n) is 6.15. The van der Waals surface area contributed by atoms with Crippen LogP contribution in [0.2, 0.25) is 0 Å². The van der Waals surface area contributed by atoms with Crippen molar-refractivity contribution in [2.75, 3.05) is 0 Å². The van der Waals surface area contributed by atoms with E-state index in [1.165, 1.54) is 12.1 Å². The maximum atomic E-state index is 12.0. The van der Waals surface area contributed by atoms with Gasteiger partial charge in [0.2, 0.25) is 5.88 Å². The fourth-order valence-electron chi connectivity index (χ4n) is 2.07. The van der Waals surface area contributed by atoms with Crippen LogP contribution in [0.5, 0.6) is 5.88 Å². The molecule has 0 bridgehead atoms. The lowest BCUT2D eigenvalue weighted by molar-refractivity contribution is 0.419. The summed E-state index contributed by atoms with van der Waals surface area (Å²) in [6.07, 6.45) is 0. The van der Waals surface area contributed by atoms with Gasteiger partial charge < -0.3 is 5.11 Å². The number of hydrogen-bond donors (Lipinski definition) is 2. The molecule has 108 valence electrons. The lowest BCUT2D eigenvalue weighted by Gasteiger charge is -2.14. The Bertz CT molecular complexity index is 859. The summed E-state index contributed by atoms with van der Waals surface area (Å²) in [7, 11) is 0. The second kappa shape index (κ2) is 5.58. The molecule has 0 amide bonds. The fraction of sp³-hybridized carbons (Fsp3) is 0.214. The number of nitrogens with one attached hydrogen (secondary N) is 1. The van der Waals surface area contributed by atoms with Gasteiger partial charge in [-0.15, -0.1) is 0 Å². The molecule has 21 heavy (non-hydrogen) atoms. The van der Waals surface area contributed by atoms with Crippen molar-refractivity contribution < 1.29 is 5.11 Å². The van der Waals surface area contributed by atoms with E-state index in [1.807, 2.05) is 6.07 Å². The number of hydrogen-bond acceptors (Lipinski definition) is 4. The zero-order valence-corrected chi connectivity index (χ0v) is 12.9. The summed E-state index contributed by atoms with van der Waals surface area (Å²) >= 11 is 3.26. The topological polar surface area (TPSA) is 98.9 Å². The van der Waals surface area contributed by atoms with Gasteiger partial charge in [0.15, 0.2) is 0 Å². The Labute approximate surface area is 128 Å². The number of H-pyrrole nitrogens is 1. The molecule has 0 aliphatic heterocycles. The molecule has 0 unspecified atom stereocenters. The largest absolute Gasteiger partial charge is 0.494 e. The van der Waals surface area contributed by atoms with E-state index in [0.29, 0.717) is 4.47 Å². The Hall–Kier alpha value is -2.33. The Morgan fingerprint density at radius 3 is 2.62 bits per heavy atom. The van der Waals surface area contributed by atoms with Gasteiger partial charge in [-0.2, -0.15) is 5.26 Å². The van der Waals surface area contributed by atoms with Gasteiger partial charge in [-0.05, 0) is 24.1 Å². The molecule has 1 heterocycles. The molecule has 0 fully saturated rings. The minimum atomic E-state index is -0.795. The average Bonchev–Trinajstić information content (AvgIpc) is 2.37. The first-order valence-corrected chi connectivity index (χ1v) is 6.94. The molecule has 0 aliphatic carbocycles. The first kappa shape index (κ1) is 15.1. The summed E-state index contributed by atoms with van der Waals surface area (Å²) < 4.78 is 1.57. The molecule has 2 aromatic rings. The summed E-state index contributed by atoms with van der Waals surface area (Å²) in [6, 6.07) is 6.66. The molecule has 7 heteroatoms. The number of aromatic amines is 1. The summed E-state index contributed by atoms with van der Waals surface area (Å²) in [6.45, 7) is 3.45. The highest BCUT2D eigenvalue weighted by molar-refractivity contribution is 9.10. The predicted molar refractivity (Wildman–Crippen MR) is 80.8 cm³/mol. The van der Waals surface area contributed by atoms with Crippen molar-refractivity contribution in [2.24, 2.45) is 0 Å². The minimum Gasteiger partial charge on any atom is -0.494 e. The second-order valence-corrected chi connectivity index (χ2v) is 5.68. The van der Waals surface area contributed by atoms with Crippen molar-refractivity contribution in [1.29, 1.82) is 5.26 Å². The zero-order chi connectivity index (χ0) is 15.7. The van der Waals surface area contributed by atoms with Gasteiger partial charge in [0.1, 0.15) is 6.07 Å². The van der Waals surface area contributed by atoms with Gasteiger partial charge >= 0.3 is 5.69 Å². The molecule has 0 atom stereocenters. The zero-order valence-electron chi connectivity index (χ0n) is 11.3. The maximum Gasteiger partial charge on any atom is 0.335 e. The van der Waals surface area contributed by atoms with Crippen LogP contribution in [0.3, 0.4) is 0 Å². The molecular formula is C14H12BrN3O3. The van der Waals surface area contributed by atoms with E-state index < -0.39 is 17.1 Å². The Kier molecular flexibility index (Phi) is 4.00. The molecule has 1 aromatic heterocycles. The van der Waals surface area contributed by atoms with Crippen LogP contribution < -0.4 is 11.2 Å². The van der Waals surface area contributed by atoms with Gasteiger partial charge in [-0.25, -0.2) is 9.36 Å². The summed E-state index contributed by atoms with van der Waals surface area (Å²) in [5.41, 5.74) is -0.919. The molecule has 0 saturated heterocycles. The minimum absolute atomic E-state index is 0.0958. The lowest BCUT2D eigenvalue weighted by Crippen LogP contribution is -2.32. The fourth-order valence-corrected chi connectivity index (χ4v) is 2.42. The van der Waals surface area contributed by atoms with Crippen molar-refractivity contribution in [3.8, 4) is 17.6 Å². The van der Waals surface area contributed by atoms with Crippen molar-refractivity contribution in [3.63, 3.8) is 0 Å². The summed E-state index contributed by atoms with van der Waals surface area (Å²) in [4.78, 5) is 26.0. The second-order valence-electron chi connectivity index (χ2n) is 4.76. The average molecular weight is 350 g/mol. The van der Waals surface area contributed by atoms with Crippen molar-refractivity contribution in [2.45, 2.75) is 19.8 Å². The maximum absolute atomic E-state index is 12.0. The molecular weight excluding hydrogens is 338 g/mol. The SMILES string of the molecule is CC(C)c1c(O)n(-c2cc(Br)ccc2C#N)c(=O)[nH]c1=O. The molecule has 0 saturated carbocycles. The Morgan fingerprint density at radius 2 is 2.05 bits per heavy atom. The van der Waals surface area contributed by atoms with E-state index >= 15 is 0 Å². The van der Waals surface area contributed by atoms with Gasteiger partial charge in [-0.1, -0.05) is 29.8 Å². The highest BCUT2D eigenvalue weighted by atomic mass is 79.9. The Morgan fingerprint density at radius 1 is 1.38 bits per heavy atom. The van der Waals surface area contributed by atoms with E-state index in [0.717, 1.165) is 4.57 Å². The monoisotopic (exact) mass is 349 g/mol. The standard InChI is InChI=1S/C14H12BrN3O3/c1-7(2)11-12(19)17-14(21)18(13(11)20)10-5-9(15)4-3-8(10)6-16/h3-5,7,20H,1-2H3,(H,17,19,21). The van der Waals surface area contributed by atoms with Crippen LogP contribution in [0, 0.1) is 11.3 Å². The van der Waals surface area contributed by atoms with E-state index in [9.17, 15) is 14.7 Å². The number of aromatic hydroxyl groups is 1. The van der Waals surface area contributed by atoms with E-state index in [1.54, 1.807) is 19.9 Å². The summed E-state index contributed by atoms with van der Waals surface area (Å²) in [5, 5.41) is 19.5. The third-order valence-electron chi connectivity index (χ3n) is 3.02. The van der Waals surface area contributed by atoms with Gasteiger partial charge in [0.05, 0.1) is 16.8 Å². The number of rotatable bonds is 2. The van der Waals surface area contributed by atoms with E-state index in [2.05, 4.69) is 20.9 Å². The molecule has 0 aliphatic rings. The van der Waals surface area contributed by atoms with E-state index in [4.69, 9.17) is 5.26 Å². The quantitative estimate of drug-likeness (QED) is 0.865. The molecule has 0 spiro atoms. The lowest BCUT2D eigenvalue weighted by atomic mass is 10.1. The van der Waals surface area contributed by atoms with Crippen molar-refractivity contribution in [1.82, 2.24) is 9.55 Å². The number of benzene rings is 1. The smallest absolute Gasteiger partial charge is 0.335 e.